The molecule has 6 nitrogen and oxygen atoms in total. The van der Waals surface area contributed by atoms with Crippen LogP contribution >= 0.6 is 0 Å². The summed E-state index contributed by atoms with van der Waals surface area (Å²) in [7, 11) is 0. The van der Waals surface area contributed by atoms with Gasteiger partial charge in [-0.2, -0.15) is 0 Å². The molecule has 0 heterocycles. The molecule has 0 rings (SSSR count). The SMILES string of the molecule is CCCCC/C=C\C/C=C\C/C=C\CCCCCCC(=O)OC[C@@H](COC(=O)CCCCCCCCCCCCCC)OC(=O)CCCCCCCCCCCCCCCCCC. The number of esters is 3. The molecule has 0 aromatic rings. The van der Waals surface area contributed by atoms with Gasteiger partial charge in [0.2, 0.25) is 0 Å². The topological polar surface area (TPSA) is 78.9 Å². The molecule has 0 radical (unpaired) electrons. The highest BCUT2D eigenvalue weighted by Crippen LogP contribution is 2.16. The molecule has 0 saturated heterocycles. The molecular weight excluding hydrogens is 781 g/mol. The molecule has 0 fully saturated rings. The van der Waals surface area contributed by atoms with Crippen molar-refractivity contribution >= 4 is 17.9 Å². The van der Waals surface area contributed by atoms with Crippen LogP contribution in [0.5, 0.6) is 0 Å². The number of carbonyl (C=O) groups is 3. The van der Waals surface area contributed by atoms with Crippen LogP contribution < -0.4 is 0 Å². The van der Waals surface area contributed by atoms with E-state index in [9.17, 15) is 14.4 Å². The van der Waals surface area contributed by atoms with E-state index < -0.39 is 6.10 Å². The maximum atomic E-state index is 12.8. The van der Waals surface area contributed by atoms with Crippen molar-refractivity contribution in [2.75, 3.05) is 13.2 Å². The van der Waals surface area contributed by atoms with Gasteiger partial charge >= 0.3 is 17.9 Å². The number of hydrogen-bond acceptors (Lipinski definition) is 6. The van der Waals surface area contributed by atoms with E-state index in [1.165, 1.54) is 167 Å². The Labute approximate surface area is 391 Å². The predicted octanol–water partition coefficient (Wildman–Crippen LogP) is 18.1. The average Bonchev–Trinajstić information content (AvgIpc) is 3.28. The van der Waals surface area contributed by atoms with Gasteiger partial charge in [0, 0.05) is 19.3 Å². The van der Waals surface area contributed by atoms with E-state index in [4.69, 9.17) is 14.2 Å². The molecular formula is C57H104O6. The van der Waals surface area contributed by atoms with Crippen LogP contribution in [0, 0.1) is 0 Å². The maximum Gasteiger partial charge on any atom is 0.306 e. The van der Waals surface area contributed by atoms with Gasteiger partial charge in [-0.05, 0) is 57.8 Å². The molecule has 0 unspecified atom stereocenters. The number of unbranched alkanes of at least 4 members (excludes halogenated alkanes) is 33. The highest BCUT2D eigenvalue weighted by atomic mass is 16.6. The lowest BCUT2D eigenvalue weighted by Gasteiger charge is -2.18. The number of hydrogen-bond donors (Lipinski definition) is 0. The van der Waals surface area contributed by atoms with Gasteiger partial charge in [-0.1, -0.05) is 250 Å². The Bertz CT molecular complexity index is 1060. The minimum absolute atomic E-state index is 0.0749. The molecule has 0 saturated carbocycles. The fourth-order valence-electron chi connectivity index (χ4n) is 7.98. The van der Waals surface area contributed by atoms with Crippen LogP contribution in [0.3, 0.4) is 0 Å². The van der Waals surface area contributed by atoms with Crippen molar-refractivity contribution in [3.63, 3.8) is 0 Å². The van der Waals surface area contributed by atoms with Crippen molar-refractivity contribution in [1.29, 1.82) is 0 Å². The minimum atomic E-state index is -0.776. The summed E-state index contributed by atoms with van der Waals surface area (Å²) in [6, 6.07) is 0. The minimum Gasteiger partial charge on any atom is -0.462 e. The van der Waals surface area contributed by atoms with E-state index in [1.807, 2.05) is 0 Å². The smallest absolute Gasteiger partial charge is 0.306 e. The monoisotopic (exact) mass is 885 g/mol. The van der Waals surface area contributed by atoms with Gasteiger partial charge < -0.3 is 14.2 Å². The zero-order valence-corrected chi connectivity index (χ0v) is 42.1. The molecule has 6 heteroatoms. The average molecular weight is 885 g/mol. The van der Waals surface area contributed by atoms with E-state index in [1.54, 1.807) is 0 Å². The van der Waals surface area contributed by atoms with Gasteiger partial charge in [0.05, 0.1) is 0 Å². The first-order valence-corrected chi connectivity index (χ1v) is 27.5. The fourth-order valence-corrected chi connectivity index (χ4v) is 7.98. The Balaban J connectivity index is 4.37. The van der Waals surface area contributed by atoms with Gasteiger partial charge in [-0.25, -0.2) is 0 Å². The third-order valence-electron chi connectivity index (χ3n) is 12.1. The predicted molar refractivity (Wildman–Crippen MR) is 270 cm³/mol. The molecule has 0 bridgehead atoms. The number of carbonyl (C=O) groups excluding carboxylic acids is 3. The molecule has 0 aliphatic heterocycles. The lowest BCUT2D eigenvalue weighted by atomic mass is 10.0. The van der Waals surface area contributed by atoms with Gasteiger partial charge in [-0.3, -0.25) is 14.4 Å². The van der Waals surface area contributed by atoms with Crippen LogP contribution in [0.2, 0.25) is 0 Å². The number of rotatable bonds is 50. The first-order chi connectivity index (χ1) is 31.0. The fraction of sp³-hybridized carbons (Fsp3) is 0.842. The van der Waals surface area contributed by atoms with Crippen molar-refractivity contribution in [2.45, 2.75) is 297 Å². The summed E-state index contributed by atoms with van der Waals surface area (Å²) < 4.78 is 16.8. The van der Waals surface area contributed by atoms with Crippen LogP contribution in [0.25, 0.3) is 0 Å². The van der Waals surface area contributed by atoms with Crippen molar-refractivity contribution in [3.05, 3.63) is 36.5 Å². The summed E-state index contributed by atoms with van der Waals surface area (Å²) in [5.74, 6) is -0.882. The Hall–Kier alpha value is -2.37. The second kappa shape index (κ2) is 52.3. The molecule has 0 aliphatic carbocycles. The van der Waals surface area contributed by atoms with Gasteiger partial charge in [-0.15, -0.1) is 0 Å². The van der Waals surface area contributed by atoms with Gasteiger partial charge in [0.1, 0.15) is 13.2 Å². The normalized spacial score (nSPS) is 12.2. The second-order valence-corrected chi connectivity index (χ2v) is 18.5. The van der Waals surface area contributed by atoms with Crippen molar-refractivity contribution in [1.82, 2.24) is 0 Å². The lowest BCUT2D eigenvalue weighted by molar-refractivity contribution is -0.167. The van der Waals surface area contributed by atoms with Gasteiger partial charge in [0.25, 0.3) is 0 Å². The zero-order chi connectivity index (χ0) is 45.8. The van der Waals surface area contributed by atoms with E-state index in [2.05, 4.69) is 57.2 Å². The second-order valence-electron chi connectivity index (χ2n) is 18.5. The Morgan fingerprint density at radius 3 is 0.921 bits per heavy atom. The van der Waals surface area contributed by atoms with Crippen LogP contribution in [-0.4, -0.2) is 37.2 Å². The van der Waals surface area contributed by atoms with E-state index in [0.717, 1.165) is 83.5 Å². The molecule has 63 heavy (non-hydrogen) atoms. The highest BCUT2D eigenvalue weighted by molar-refractivity contribution is 5.71. The number of allylic oxidation sites excluding steroid dienone is 6. The molecule has 1 atom stereocenters. The van der Waals surface area contributed by atoms with Crippen molar-refractivity contribution in [2.24, 2.45) is 0 Å². The first kappa shape index (κ1) is 60.6. The van der Waals surface area contributed by atoms with Crippen LogP contribution in [-0.2, 0) is 28.6 Å². The molecule has 0 amide bonds. The Morgan fingerprint density at radius 1 is 0.317 bits per heavy atom. The first-order valence-electron chi connectivity index (χ1n) is 27.5. The standard InChI is InChI=1S/C57H104O6/c1-4-7-10-13-16-19-22-25-27-29-31-32-35-38-41-44-47-50-56(59)62-53-54(52-61-55(58)49-46-43-40-37-34-24-21-18-15-12-9-6-3)63-57(60)51-48-45-42-39-36-33-30-28-26-23-20-17-14-11-8-5-2/h16,19,25,27,31-32,54H,4-15,17-18,20-24,26,28-30,33-53H2,1-3H3/b19-16-,27-25-,32-31-/t54-/m1/s1. The largest absolute Gasteiger partial charge is 0.462 e. The zero-order valence-electron chi connectivity index (χ0n) is 42.1. The third-order valence-corrected chi connectivity index (χ3v) is 12.1. The molecule has 0 aromatic carbocycles. The van der Waals surface area contributed by atoms with Crippen molar-refractivity contribution < 1.29 is 28.6 Å². The van der Waals surface area contributed by atoms with E-state index >= 15 is 0 Å². The molecule has 0 spiro atoms. The maximum absolute atomic E-state index is 12.8. The summed E-state index contributed by atoms with van der Waals surface area (Å²) in [6.45, 7) is 6.62. The molecule has 0 aromatic heterocycles. The highest BCUT2D eigenvalue weighted by Gasteiger charge is 2.19. The Morgan fingerprint density at radius 2 is 0.571 bits per heavy atom. The summed E-state index contributed by atoms with van der Waals surface area (Å²) >= 11 is 0. The summed E-state index contributed by atoms with van der Waals surface area (Å²) in [6.07, 6.45) is 61.2. The lowest BCUT2D eigenvalue weighted by Crippen LogP contribution is -2.30. The third kappa shape index (κ3) is 50.5. The molecule has 368 valence electrons. The summed E-state index contributed by atoms with van der Waals surface area (Å²) in [5, 5.41) is 0. The quantitative estimate of drug-likeness (QED) is 0.0262. The van der Waals surface area contributed by atoms with Crippen LogP contribution in [0.15, 0.2) is 36.5 Å². The molecule has 0 aliphatic rings. The molecule has 0 N–H and O–H groups in total. The van der Waals surface area contributed by atoms with Crippen molar-refractivity contribution in [3.8, 4) is 0 Å². The van der Waals surface area contributed by atoms with Crippen LogP contribution in [0.4, 0.5) is 0 Å². The summed E-state index contributed by atoms with van der Waals surface area (Å²) in [5.41, 5.74) is 0. The van der Waals surface area contributed by atoms with Gasteiger partial charge in [0.15, 0.2) is 6.10 Å². The Kier molecular flexibility index (Phi) is 50.3. The van der Waals surface area contributed by atoms with Crippen LogP contribution in [0.1, 0.15) is 290 Å². The van der Waals surface area contributed by atoms with E-state index in [0.29, 0.717) is 19.3 Å². The van der Waals surface area contributed by atoms with E-state index in [-0.39, 0.29) is 31.1 Å². The number of ether oxygens (including phenoxy) is 3. The summed E-state index contributed by atoms with van der Waals surface area (Å²) in [4.78, 5) is 38.0.